The first-order valence-electron chi connectivity index (χ1n) is 11.0. The van der Waals surface area contributed by atoms with Gasteiger partial charge in [0.1, 0.15) is 24.2 Å². The number of nitrogens with one attached hydrogen (secondary N) is 3. The summed E-state index contributed by atoms with van der Waals surface area (Å²) >= 11 is 0. The Balaban J connectivity index is 5.63. The molecule has 12 nitrogen and oxygen atoms in total. The van der Waals surface area contributed by atoms with Crippen molar-refractivity contribution in [3.63, 3.8) is 0 Å². The molecule has 0 aliphatic rings. The second-order valence-electron chi connectivity index (χ2n) is 8.66. The summed E-state index contributed by atoms with van der Waals surface area (Å²) < 4.78 is 0. The number of hydrogen-bond donors (Lipinski definition) is 7. The largest absolute Gasteiger partial charge is 0.481 e. The van der Waals surface area contributed by atoms with Crippen LogP contribution < -0.4 is 21.7 Å². The Kier molecular flexibility index (Phi) is 13.2. The highest BCUT2D eigenvalue weighted by molar-refractivity contribution is 5.94. The van der Waals surface area contributed by atoms with Gasteiger partial charge in [0.2, 0.25) is 17.7 Å². The lowest BCUT2D eigenvalue weighted by atomic mass is 9.98. The number of aliphatic hydroxyl groups is 1. The number of aliphatic carboxylic acids is 2. The first-order valence-corrected chi connectivity index (χ1v) is 11.0. The summed E-state index contributed by atoms with van der Waals surface area (Å²) in [5.41, 5.74) is 5.62. The van der Waals surface area contributed by atoms with Crippen LogP contribution in [-0.4, -0.2) is 75.3 Å². The van der Waals surface area contributed by atoms with Crippen molar-refractivity contribution >= 4 is 29.7 Å². The van der Waals surface area contributed by atoms with Crippen LogP contribution in [0.2, 0.25) is 0 Å². The summed E-state index contributed by atoms with van der Waals surface area (Å²) in [4.78, 5) is 60.5. The van der Waals surface area contributed by atoms with Crippen molar-refractivity contribution in [3.05, 3.63) is 0 Å². The molecule has 190 valence electrons. The fraction of sp³-hybridized carbons (Fsp3) is 0.762. The molecule has 0 aromatic rings. The third-order valence-electron chi connectivity index (χ3n) is 5.22. The van der Waals surface area contributed by atoms with E-state index in [1.165, 1.54) is 6.92 Å². The zero-order valence-corrected chi connectivity index (χ0v) is 19.8. The summed E-state index contributed by atoms with van der Waals surface area (Å²) in [6.07, 6.45) is -1.24. The quantitative estimate of drug-likeness (QED) is 0.158. The predicted octanol–water partition coefficient (Wildman–Crippen LogP) is -0.809. The zero-order valence-electron chi connectivity index (χ0n) is 19.8. The zero-order chi connectivity index (χ0) is 25.9. The van der Waals surface area contributed by atoms with Crippen molar-refractivity contribution in [1.82, 2.24) is 16.0 Å². The molecule has 0 spiro atoms. The fourth-order valence-electron chi connectivity index (χ4n) is 2.94. The second-order valence-corrected chi connectivity index (χ2v) is 8.66. The van der Waals surface area contributed by atoms with Crippen LogP contribution in [0.15, 0.2) is 0 Å². The number of carbonyl (C=O) groups is 5. The molecule has 0 heterocycles. The van der Waals surface area contributed by atoms with E-state index >= 15 is 0 Å². The van der Waals surface area contributed by atoms with Crippen LogP contribution in [0.25, 0.3) is 0 Å². The van der Waals surface area contributed by atoms with E-state index in [9.17, 15) is 34.2 Å². The monoisotopic (exact) mass is 474 g/mol. The number of carboxylic acid groups (broad SMARTS) is 2. The lowest BCUT2D eigenvalue weighted by molar-refractivity contribution is -0.144. The third-order valence-corrected chi connectivity index (χ3v) is 5.22. The Bertz CT molecular complexity index is 698. The molecule has 33 heavy (non-hydrogen) atoms. The molecule has 0 aromatic carbocycles. The lowest BCUT2D eigenvalue weighted by Crippen LogP contribution is -2.58. The van der Waals surface area contributed by atoms with E-state index in [0.29, 0.717) is 6.42 Å². The smallest absolute Gasteiger partial charge is 0.326 e. The molecule has 0 radical (unpaired) electrons. The first kappa shape index (κ1) is 30.3. The highest BCUT2D eigenvalue weighted by Gasteiger charge is 2.32. The van der Waals surface area contributed by atoms with Crippen LogP contribution in [0, 0.1) is 11.8 Å². The maximum absolute atomic E-state index is 12.9. The van der Waals surface area contributed by atoms with E-state index in [1.54, 1.807) is 27.7 Å². The van der Waals surface area contributed by atoms with Gasteiger partial charge in [0.25, 0.3) is 0 Å². The van der Waals surface area contributed by atoms with Gasteiger partial charge in [-0.25, -0.2) is 4.79 Å². The van der Waals surface area contributed by atoms with Gasteiger partial charge in [0.05, 0.1) is 6.10 Å². The molecule has 0 aromatic heterocycles. The molecule has 12 heteroatoms. The van der Waals surface area contributed by atoms with Crippen molar-refractivity contribution in [2.24, 2.45) is 17.6 Å². The van der Waals surface area contributed by atoms with Gasteiger partial charge in [0.15, 0.2) is 0 Å². The summed E-state index contributed by atoms with van der Waals surface area (Å²) in [7, 11) is 0. The summed E-state index contributed by atoms with van der Waals surface area (Å²) in [6, 6.07) is -4.93. The molecule has 6 atom stereocenters. The van der Waals surface area contributed by atoms with E-state index < -0.39 is 72.3 Å². The standard InChI is InChI=1S/C21H38N4O8/c1-6-11(4)17(21(32)33)25-18(29)13(7-8-15(27)28)23-19(30)14(9-10(2)3)24-20(31)16(22)12(5)26/h10-14,16-17,26H,6-9,22H2,1-5H3,(H,23,30)(H,24,31)(H,25,29)(H,27,28)(H,32,33). The topological polar surface area (TPSA) is 208 Å². The molecule has 6 unspecified atom stereocenters. The van der Waals surface area contributed by atoms with E-state index in [1.807, 2.05) is 0 Å². The number of rotatable bonds is 15. The van der Waals surface area contributed by atoms with Gasteiger partial charge in [-0.3, -0.25) is 19.2 Å². The molecule has 0 saturated heterocycles. The molecule has 0 bridgehead atoms. The summed E-state index contributed by atoms with van der Waals surface area (Å²) in [5, 5.41) is 35.2. The molecule has 0 saturated carbocycles. The van der Waals surface area contributed by atoms with E-state index in [2.05, 4.69) is 16.0 Å². The van der Waals surface area contributed by atoms with Gasteiger partial charge < -0.3 is 37.0 Å². The number of carboxylic acids is 2. The van der Waals surface area contributed by atoms with Crippen LogP contribution >= 0.6 is 0 Å². The van der Waals surface area contributed by atoms with Crippen LogP contribution in [0.1, 0.15) is 60.3 Å². The average Bonchev–Trinajstić information content (AvgIpc) is 2.71. The van der Waals surface area contributed by atoms with Gasteiger partial charge in [-0.15, -0.1) is 0 Å². The van der Waals surface area contributed by atoms with Crippen LogP contribution in [0.4, 0.5) is 0 Å². The van der Waals surface area contributed by atoms with Crippen LogP contribution in [0.5, 0.6) is 0 Å². The molecule has 0 fully saturated rings. The molecular formula is C21H38N4O8. The minimum absolute atomic E-state index is 0.0445. The molecular weight excluding hydrogens is 436 g/mol. The number of aliphatic hydroxyl groups excluding tert-OH is 1. The Morgan fingerprint density at radius 2 is 1.36 bits per heavy atom. The van der Waals surface area contributed by atoms with Gasteiger partial charge in [-0.2, -0.15) is 0 Å². The van der Waals surface area contributed by atoms with Crippen molar-refractivity contribution in [2.45, 2.75) is 90.6 Å². The normalized spacial score (nSPS) is 16.6. The maximum Gasteiger partial charge on any atom is 0.326 e. The number of amides is 3. The first-order chi connectivity index (χ1) is 15.2. The minimum atomic E-state index is -1.34. The molecule has 0 rings (SSSR count). The third kappa shape index (κ3) is 11.1. The minimum Gasteiger partial charge on any atom is -0.481 e. The predicted molar refractivity (Wildman–Crippen MR) is 119 cm³/mol. The Morgan fingerprint density at radius 3 is 1.79 bits per heavy atom. The summed E-state index contributed by atoms with van der Waals surface area (Å²) in [6.45, 7) is 8.33. The molecule has 0 aliphatic heterocycles. The van der Waals surface area contributed by atoms with Crippen molar-refractivity contribution in [2.75, 3.05) is 0 Å². The Labute approximate surface area is 193 Å². The maximum atomic E-state index is 12.9. The molecule has 3 amide bonds. The average molecular weight is 475 g/mol. The van der Waals surface area contributed by atoms with E-state index in [-0.39, 0.29) is 18.8 Å². The Hall–Kier alpha value is -2.73. The van der Waals surface area contributed by atoms with Gasteiger partial charge in [0, 0.05) is 6.42 Å². The Morgan fingerprint density at radius 1 is 0.848 bits per heavy atom. The van der Waals surface area contributed by atoms with Crippen LogP contribution in [-0.2, 0) is 24.0 Å². The number of hydrogen-bond acceptors (Lipinski definition) is 7. The van der Waals surface area contributed by atoms with E-state index in [4.69, 9.17) is 10.8 Å². The van der Waals surface area contributed by atoms with Crippen molar-refractivity contribution in [1.29, 1.82) is 0 Å². The number of carbonyl (C=O) groups excluding carboxylic acids is 3. The van der Waals surface area contributed by atoms with Crippen molar-refractivity contribution < 1.29 is 39.3 Å². The number of nitrogens with two attached hydrogens (primary N) is 1. The van der Waals surface area contributed by atoms with Gasteiger partial charge >= 0.3 is 11.9 Å². The highest BCUT2D eigenvalue weighted by atomic mass is 16.4. The molecule has 8 N–H and O–H groups in total. The van der Waals surface area contributed by atoms with E-state index in [0.717, 1.165) is 0 Å². The second kappa shape index (κ2) is 14.4. The van der Waals surface area contributed by atoms with Gasteiger partial charge in [-0.05, 0) is 31.6 Å². The lowest BCUT2D eigenvalue weighted by Gasteiger charge is -2.27. The SMILES string of the molecule is CCC(C)C(NC(=O)C(CCC(=O)O)NC(=O)C(CC(C)C)NC(=O)C(N)C(C)O)C(=O)O. The summed E-state index contributed by atoms with van der Waals surface area (Å²) in [5.74, 6) is -5.26. The fourth-order valence-corrected chi connectivity index (χ4v) is 2.94. The highest BCUT2D eigenvalue weighted by Crippen LogP contribution is 2.11. The molecule has 0 aliphatic carbocycles. The van der Waals surface area contributed by atoms with Crippen LogP contribution in [0.3, 0.4) is 0 Å². The van der Waals surface area contributed by atoms with Gasteiger partial charge in [-0.1, -0.05) is 34.1 Å². The van der Waals surface area contributed by atoms with Crippen molar-refractivity contribution in [3.8, 4) is 0 Å².